The number of piperidine rings is 2. The van der Waals surface area contributed by atoms with E-state index in [9.17, 15) is 13.2 Å². The van der Waals surface area contributed by atoms with E-state index in [1.165, 1.54) is 16.8 Å². The van der Waals surface area contributed by atoms with E-state index in [0.29, 0.717) is 42.6 Å². The molecule has 0 aliphatic carbocycles. The molecule has 0 unspecified atom stereocenters. The molecular formula is C25H30ClN3O5S. The first-order valence-corrected chi connectivity index (χ1v) is 14.0. The van der Waals surface area contributed by atoms with E-state index >= 15 is 0 Å². The van der Waals surface area contributed by atoms with E-state index in [1.807, 2.05) is 12.1 Å². The fraction of sp³-hybridized carbons (Fsp3) is 0.480. The molecule has 10 heteroatoms. The summed E-state index contributed by atoms with van der Waals surface area (Å²) in [5.74, 6) is 0.630. The second-order valence-electron chi connectivity index (χ2n) is 9.18. The highest BCUT2D eigenvalue weighted by molar-refractivity contribution is 7.89. The summed E-state index contributed by atoms with van der Waals surface area (Å²) in [4.78, 5) is 15.6. The number of anilines is 2. The van der Waals surface area contributed by atoms with Crippen LogP contribution < -0.4 is 19.7 Å². The summed E-state index contributed by atoms with van der Waals surface area (Å²) in [6.07, 6.45) is 4.39. The van der Waals surface area contributed by atoms with Gasteiger partial charge in [-0.05, 0) is 62.4 Å². The molecule has 0 radical (unpaired) electrons. The Hall–Kier alpha value is -2.49. The van der Waals surface area contributed by atoms with Crippen molar-refractivity contribution in [2.45, 2.75) is 37.0 Å². The third kappa shape index (κ3) is 5.22. The van der Waals surface area contributed by atoms with Gasteiger partial charge in [-0.1, -0.05) is 11.6 Å². The smallest absolute Gasteiger partial charge is 0.243 e. The number of benzene rings is 2. The zero-order valence-corrected chi connectivity index (χ0v) is 21.1. The first-order valence-electron chi connectivity index (χ1n) is 12.2. The summed E-state index contributed by atoms with van der Waals surface area (Å²) in [5, 5.41) is 3.65. The Labute approximate surface area is 211 Å². The van der Waals surface area contributed by atoms with Crippen LogP contribution in [0.2, 0.25) is 5.02 Å². The highest BCUT2D eigenvalue weighted by atomic mass is 35.5. The third-order valence-electron chi connectivity index (χ3n) is 6.89. The lowest BCUT2D eigenvalue weighted by atomic mass is 9.97. The van der Waals surface area contributed by atoms with Crippen molar-refractivity contribution in [3.63, 3.8) is 0 Å². The number of nitrogens with one attached hydrogen (secondary N) is 1. The summed E-state index contributed by atoms with van der Waals surface area (Å²) in [7, 11) is -3.69. The molecule has 188 valence electrons. The molecule has 3 aliphatic heterocycles. The number of sulfonamides is 1. The van der Waals surface area contributed by atoms with E-state index in [0.717, 1.165) is 37.3 Å². The lowest BCUT2D eigenvalue weighted by Gasteiger charge is -2.32. The Morgan fingerprint density at radius 1 is 0.914 bits per heavy atom. The number of nitrogens with zero attached hydrogens (tertiary/aromatic N) is 2. The Balaban J connectivity index is 1.24. The average molecular weight is 520 g/mol. The molecule has 0 spiro atoms. The summed E-state index contributed by atoms with van der Waals surface area (Å²) in [5.41, 5.74) is 1.71. The minimum absolute atomic E-state index is 0.0955. The van der Waals surface area contributed by atoms with Crippen LogP contribution in [0, 0.1) is 5.92 Å². The largest absolute Gasteiger partial charge is 0.486 e. The third-order valence-corrected chi connectivity index (χ3v) is 9.02. The minimum atomic E-state index is -3.69. The number of carbonyl (C=O) groups excluding carboxylic acids is 1. The van der Waals surface area contributed by atoms with Crippen molar-refractivity contribution in [1.29, 1.82) is 0 Å². The van der Waals surface area contributed by atoms with Crippen LogP contribution in [0.1, 0.15) is 32.1 Å². The first kappa shape index (κ1) is 24.2. The number of carbonyl (C=O) groups is 1. The molecule has 2 aromatic carbocycles. The number of hydrogen-bond donors (Lipinski definition) is 1. The summed E-state index contributed by atoms with van der Waals surface area (Å²) < 4.78 is 38.9. The van der Waals surface area contributed by atoms with Crippen LogP contribution in [-0.4, -0.2) is 58.0 Å². The van der Waals surface area contributed by atoms with Crippen molar-refractivity contribution in [1.82, 2.24) is 4.31 Å². The van der Waals surface area contributed by atoms with Gasteiger partial charge in [0.15, 0.2) is 11.5 Å². The van der Waals surface area contributed by atoms with Crippen LogP contribution in [-0.2, 0) is 14.8 Å². The molecule has 3 heterocycles. The molecule has 0 bridgehead atoms. The zero-order chi connectivity index (χ0) is 24.4. The number of amides is 1. The second kappa shape index (κ2) is 10.2. The Morgan fingerprint density at radius 2 is 1.63 bits per heavy atom. The van der Waals surface area contributed by atoms with Gasteiger partial charge in [0.2, 0.25) is 15.9 Å². The van der Waals surface area contributed by atoms with Crippen LogP contribution in [0.5, 0.6) is 11.5 Å². The predicted octanol–water partition coefficient (Wildman–Crippen LogP) is 4.14. The molecule has 1 amide bonds. The quantitative estimate of drug-likeness (QED) is 0.638. The van der Waals surface area contributed by atoms with Crippen molar-refractivity contribution in [3.8, 4) is 11.5 Å². The molecule has 8 nitrogen and oxygen atoms in total. The molecule has 3 aliphatic rings. The average Bonchev–Trinajstić information content (AvgIpc) is 2.89. The zero-order valence-electron chi connectivity index (χ0n) is 19.5. The van der Waals surface area contributed by atoms with Crippen molar-refractivity contribution >= 4 is 38.9 Å². The maximum absolute atomic E-state index is 13.2. The van der Waals surface area contributed by atoms with E-state index in [-0.39, 0.29) is 29.8 Å². The van der Waals surface area contributed by atoms with Gasteiger partial charge in [-0.2, -0.15) is 4.31 Å². The van der Waals surface area contributed by atoms with Crippen LogP contribution in [0.25, 0.3) is 0 Å². The maximum Gasteiger partial charge on any atom is 0.243 e. The van der Waals surface area contributed by atoms with Gasteiger partial charge >= 0.3 is 0 Å². The topological polar surface area (TPSA) is 88.2 Å². The molecule has 2 saturated heterocycles. The summed E-state index contributed by atoms with van der Waals surface area (Å²) in [6.45, 7) is 3.32. The molecule has 1 N–H and O–H groups in total. The van der Waals surface area contributed by atoms with E-state index in [4.69, 9.17) is 21.1 Å². The Morgan fingerprint density at radius 3 is 2.37 bits per heavy atom. The SMILES string of the molecule is O=C(Nc1cc(Cl)ccc1N1CCCCC1)C1CCN(S(=O)(=O)c2ccc3c(c2)OCCO3)CC1. The second-order valence-corrected chi connectivity index (χ2v) is 11.6. The van der Waals surface area contributed by atoms with Crippen LogP contribution in [0.15, 0.2) is 41.3 Å². The van der Waals surface area contributed by atoms with E-state index in [2.05, 4.69) is 10.2 Å². The molecule has 2 fully saturated rings. The number of hydrogen-bond acceptors (Lipinski definition) is 6. The molecule has 2 aromatic rings. The number of halogens is 1. The fourth-order valence-electron chi connectivity index (χ4n) is 4.95. The highest BCUT2D eigenvalue weighted by Crippen LogP contribution is 2.35. The molecule has 0 atom stereocenters. The number of rotatable bonds is 5. The van der Waals surface area contributed by atoms with E-state index < -0.39 is 10.0 Å². The van der Waals surface area contributed by atoms with Gasteiger partial charge in [0.25, 0.3) is 0 Å². The lowest BCUT2D eigenvalue weighted by Crippen LogP contribution is -2.41. The molecule has 0 aromatic heterocycles. The van der Waals surface area contributed by atoms with Gasteiger partial charge < -0.3 is 19.7 Å². The van der Waals surface area contributed by atoms with Gasteiger partial charge in [-0.25, -0.2) is 8.42 Å². The van der Waals surface area contributed by atoms with E-state index in [1.54, 1.807) is 18.2 Å². The molecule has 0 saturated carbocycles. The molecule has 5 rings (SSSR count). The van der Waals surface area contributed by atoms with Gasteiger partial charge in [-0.15, -0.1) is 0 Å². The predicted molar refractivity (Wildman–Crippen MR) is 135 cm³/mol. The summed E-state index contributed by atoms with van der Waals surface area (Å²) >= 11 is 6.24. The van der Waals surface area contributed by atoms with Crippen LogP contribution in [0.3, 0.4) is 0 Å². The van der Waals surface area contributed by atoms with Gasteiger partial charge in [-0.3, -0.25) is 4.79 Å². The van der Waals surface area contributed by atoms with Crippen LogP contribution in [0.4, 0.5) is 11.4 Å². The van der Waals surface area contributed by atoms with Crippen molar-refractivity contribution in [2.75, 3.05) is 49.6 Å². The molecular weight excluding hydrogens is 490 g/mol. The number of ether oxygens (including phenoxy) is 2. The normalized spacial score (nSPS) is 19.4. The minimum Gasteiger partial charge on any atom is -0.486 e. The Kier molecular flexibility index (Phi) is 7.09. The van der Waals surface area contributed by atoms with Crippen LogP contribution >= 0.6 is 11.6 Å². The van der Waals surface area contributed by atoms with Gasteiger partial charge in [0.05, 0.1) is 16.3 Å². The Bertz CT molecular complexity index is 1190. The first-order chi connectivity index (χ1) is 16.9. The van der Waals surface area contributed by atoms with Crippen molar-refractivity contribution in [2.24, 2.45) is 5.92 Å². The maximum atomic E-state index is 13.2. The highest BCUT2D eigenvalue weighted by Gasteiger charge is 2.33. The van der Waals surface area contributed by atoms with Crippen molar-refractivity contribution in [3.05, 3.63) is 41.4 Å². The van der Waals surface area contributed by atoms with Gasteiger partial charge in [0, 0.05) is 43.2 Å². The monoisotopic (exact) mass is 519 g/mol. The van der Waals surface area contributed by atoms with Crippen molar-refractivity contribution < 1.29 is 22.7 Å². The standard InChI is InChI=1S/C25H30ClN3O5S/c26-19-4-6-22(28-10-2-1-3-11-28)21(16-19)27-25(30)18-8-12-29(13-9-18)35(31,32)20-5-7-23-24(17-20)34-15-14-33-23/h4-7,16-18H,1-3,8-15H2,(H,27,30). The summed E-state index contributed by atoms with van der Waals surface area (Å²) in [6, 6.07) is 10.3. The fourth-order valence-corrected chi connectivity index (χ4v) is 6.60. The molecule has 35 heavy (non-hydrogen) atoms. The number of fused-ring (bicyclic) bond motifs is 1. The lowest BCUT2D eigenvalue weighted by molar-refractivity contribution is -0.120. The van der Waals surface area contributed by atoms with Gasteiger partial charge in [0.1, 0.15) is 13.2 Å².